The summed E-state index contributed by atoms with van der Waals surface area (Å²) in [6.07, 6.45) is 0.0811. The number of aliphatic imine (C=N–C) groups is 1. The normalized spacial score (nSPS) is 25.4. The van der Waals surface area contributed by atoms with E-state index in [4.69, 9.17) is 10.5 Å². The average molecular weight is 424 g/mol. The lowest BCUT2D eigenvalue weighted by Crippen LogP contribution is -2.56. The van der Waals surface area contributed by atoms with Crippen molar-refractivity contribution in [2.75, 3.05) is 12.4 Å². The quantitative estimate of drug-likeness (QED) is 0.731. The molecule has 0 fully saturated rings. The summed E-state index contributed by atoms with van der Waals surface area (Å²) in [6.45, 7) is 1.87. The molecule has 160 valence electrons. The second kappa shape index (κ2) is 7.26. The van der Waals surface area contributed by atoms with Gasteiger partial charge in [-0.1, -0.05) is 0 Å². The van der Waals surface area contributed by atoms with Gasteiger partial charge in [-0.15, -0.1) is 0 Å². The van der Waals surface area contributed by atoms with E-state index in [9.17, 15) is 22.4 Å². The van der Waals surface area contributed by atoms with Gasteiger partial charge >= 0.3 is 0 Å². The molecular weight excluding hydrogens is 404 g/mol. The molecule has 1 aromatic heterocycles. The Balaban J connectivity index is 1.97. The Kier molecular flexibility index (Phi) is 5.21. The highest BCUT2D eigenvalue weighted by atomic mass is 19.3. The molecule has 2 heterocycles. The second-order valence-corrected chi connectivity index (χ2v) is 7.38. The van der Waals surface area contributed by atoms with Gasteiger partial charge in [-0.05, 0) is 44.2 Å². The van der Waals surface area contributed by atoms with E-state index < -0.39 is 46.7 Å². The van der Waals surface area contributed by atoms with Gasteiger partial charge in [-0.25, -0.2) is 22.5 Å². The van der Waals surface area contributed by atoms with Crippen LogP contribution in [0.1, 0.15) is 36.3 Å². The van der Waals surface area contributed by atoms with E-state index in [0.717, 1.165) is 26.0 Å². The fourth-order valence-electron chi connectivity index (χ4n) is 3.18. The monoisotopic (exact) mass is 424 g/mol. The zero-order chi connectivity index (χ0) is 22.3. The number of pyridine rings is 1. The molecule has 3 N–H and O–H groups in total. The van der Waals surface area contributed by atoms with E-state index >= 15 is 0 Å². The van der Waals surface area contributed by atoms with Crippen LogP contribution in [0.25, 0.3) is 0 Å². The minimum Gasteiger partial charge on any atom is -0.495 e. The van der Waals surface area contributed by atoms with Crippen LogP contribution in [0.2, 0.25) is 0 Å². The summed E-state index contributed by atoms with van der Waals surface area (Å²) >= 11 is 0. The third-order valence-electron chi connectivity index (χ3n) is 5.10. The maximum Gasteiger partial charge on any atom is 0.280 e. The summed E-state index contributed by atoms with van der Waals surface area (Å²) in [5.41, 5.74) is 0.118. The largest absolute Gasteiger partial charge is 0.495 e. The SMILES string of the molecule is COc1ccc(C(=O)Nc2ccc(F)c([C@@]3(C)N=C(N)[C@](C)(F)CC3(F)F)c2)nc1. The average Bonchev–Trinajstić information content (AvgIpc) is 2.67. The zero-order valence-corrected chi connectivity index (χ0v) is 16.5. The molecule has 30 heavy (non-hydrogen) atoms. The molecule has 0 unspecified atom stereocenters. The number of hydrogen-bond acceptors (Lipinski definition) is 5. The summed E-state index contributed by atoms with van der Waals surface area (Å²) in [4.78, 5) is 19.9. The van der Waals surface area contributed by atoms with Crippen LogP contribution in [0.15, 0.2) is 41.5 Å². The molecule has 3 rings (SSSR count). The number of alkyl halides is 3. The van der Waals surface area contributed by atoms with Crippen molar-refractivity contribution in [2.45, 2.75) is 37.4 Å². The van der Waals surface area contributed by atoms with Gasteiger partial charge in [0, 0.05) is 11.3 Å². The van der Waals surface area contributed by atoms with E-state index in [0.29, 0.717) is 5.75 Å². The fraction of sp³-hybridized carbons (Fsp3) is 0.350. The summed E-state index contributed by atoms with van der Waals surface area (Å²) in [5.74, 6) is -5.57. The highest BCUT2D eigenvalue weighted by Crippen LogP contribution is 2.50. The molecule has 1 aliphatic heterocycles. The standard InChI is InChI=1S/C20H20F4N4O2/c1-18(22)10-20(23,24)19(2,28-17(18)25)13-8-11(4-6-14(13)21)27-16(29)15-7-5-12(30-3)9-26-15/h4-9H,10H2,1-3H3,(H2,25,28)(H,27,29)/t18-,19-/m1/s1. The van der Waals surface area contributed by atoms with Crippen LogP contribution in [0.5, 0.6) is 5.75 Å². The summed E-state index contributed by atoms with van der Waals surface area (Å²) in [6, 6.07) is 6.08. The number of ether oxygens (including phenoxy) is 1. The van der Waals surface area contributed by atoms with E-state index in [2.05, 4.69) is 15.3 Å². The van der Waals surface area contributed by atoms with Crippen LogP contribution in [-0.4, -0.2) is 35.4 Å². The Morgan fingerprint density at radius 1 is 1.20 bits per heavy atom. The number of carbonyl (C=O) groups is 1. The zero-order valence-electron chi connectivity index (χ0n) is 16.5. The van der Waals surface area contributed by atoms with Gasteiger partial charge in [0.1, 0.15) is 23.1 Å². The van der Waals surface area contributed by atoms with Crippen molar-refractivity contribution in [3.05, 3.63) is 53.6 Å². The van der Waals surface area contributed by atoms with Gasteiger partial charge in [0.15, 0.2) is 11.2 Å². The summed E-state index contributed by atoms with van der Waals surface area (Å²) < 4.78 is 63.5. The number of nitrogens with zero attached hydrogens (tertiary/aromatic N) is 2. The van der Waals surface area contributed by atoms with Crippen LogP contribution in [0.4, 0.5) is 23.2 Å². The van der Waals surface area contributed by atoms with Crippen molar-refractivity contribution in [1.29, 1.82) is 0 Å². The number of aromatic nitrogens is 1. The van der Waals surface area contributed by atoms with E-state index in [1.54, 1.807) is 0 Å². The maximum absolute atomic E-state index is 14.8. The van der Waals surface area contributed by atoms with Crippen LogP contribution < -0.4 is 15.8 Å². The first-order valence-corrected chi connectivity index (χ1v) is 8.93. The fourth-order valence-corrected chi connectivity index (χ4v) is 3.18. The molecule has 0 spiro atoms. The molecule has 0 aliphatic carbocycles. The van der Waals surface area contributed by atoms with Gasteiger partial charge in [0.05, 0.1) is 19.7 Å². The lowest BCUT2D eigenvalue weighted by Gasteiger charge is -2.42. The first kappa shape index (κ1) is 21.5. The lowest BCUT2D eigenvalue weighted by molar-refractivity contribution is -0.106. The number of rotatable bonds is 4. The van der Waals surface area contributed by atoms with Crippen molar-refractivity contribution in [3.63, 3.8) is 0 Å². The number of amidine groups is 1. The Morgan fingerprint density at radius 3 is 2.50 bits per heavy atom. The number of carbonyl (C=O) groups excluding carboxylic acids is 1. The molecule has 1 aromatic carbocycles. The highest BCUT2D eigenvalue weighted by molar-refractivity contribution is 6.03. The van der Waals surface area contributed by atoms with Crippen molar-refractivity contribution >= 4 is 17.4 Å². The van der Waals surface area contributed by atoms with Crippen LogP contribution in [-0.2, 0) is 5.54 Å². The maximum atomic E-state index is 14.8. The smallest absolute Gasteiger partial charge is 0.280 e. The van der Waals surface area contributed by atoms with E-state index in [1.165, 1.54) is 31.5 Å². The molecule has 0 bridgehead atoms. The Hall–Kier alpha value is -3.17. The third kappa shape index (κ3) is 3.69. The minimum atomic E-state index is -3.74. The van der Waals surface area contributed by atoms with Crippen LogP contribution in [0.3, 0.4) is 0 Å². The van der Waals surface area contributed by atoms with E-state index in [-0.39, 0.29) is 11.4 Å². The molecule has 0 radical (unpaired) electrons. The molecule has 6 nitrogen and oxygen atoms in total. The Bertz CT molecular complexity index is 1010. The predicted molar refractivity (Wildman–Crippen MR) is 103 cm³/mol. The number of halogens is 4. The number of methoxy groups -OCH3 is 1. The van der Waals surface area contributed by atoms with Crippen LogP contribution >= 0.6 is 0 Å². The van der Waals surface area contributed by atoms with Gasteiger partial charge < -0.3 is 15.8 Å². The molecule has 2 aromatic rings. The molecule has 1 aliphatic rings. The van der Waals surface area contributed by atoms with Gasteiger partial charge in [0.2, 0.25) is 0 Å². The summed E-state index contributed by atoms with van der Waals surface area (Å²) in [5, 5.41) is 2.47. The van der Waals surface area contributed by atoms with Crippen molar-refractivity contribution in [3.8, 4) is 5.75 Å². The van der Waals surface area contributed by atoms with Gasteiger partial charge in [-0.2, -0.15) is 0 Å². The van der Waals surface area contributed by atoms with Gasteiger partial charge in [0.25, 0.3) is 11.8 Å². The number of benzene rings is 1. The van der Waals surface area contributed by atoms with Crippen LogP contribution in [0, 0.1) is 5.82 Å². The lowest BCUT2D eigenvalue weighted by atomic mass is 9.77. The second-order valence-electron chi connectivity index (χ2n) is 7.38. The molecule has 2 atom stereocenters. The predicted octanol–water partition coefficient (Wildman–Crippen LogP) is 3.82. The number of nitrogens with one attached hydrogen (secondary N) is 1. The number of amides is 1. The Morgan fingerprint density at radius 2 is 1.90 bits per heavy atom. The van der Waals surface area contributed by atoms with Crippen molar-refractivity contribution in [1.82, 2.24) is 4.98 Å². The third-order valence-corrected chi connectivity index (χ3v) is 5.10. The number of nitrogens with two attached hydrogens (primary N) is 1. The molecule has 1 amide bonds. The van der Waals surface area contributed by atoms with Crippen molar-refractivity contribution in [2.24, 2.45) is 10.7 Å². The molecular formula is C20H20F4N4O2. The first-order valence-electron chi connectivity index (χ1n) is 8.93. The summed E-state index contributed by atoms with van der Waals surface area (Å²) in [7, 11) is 1.44. The first-order chi connectivity index (χ1) is 13.9. The molecule has 0 saturated heterocycles. The number of anilines is 1. The van der Waals surface area contributed by atoms with E-state index in [1.807, 2.05) is 0 Å². The van der Waals surface area contributed by atoms with Gasteiger partial charge in [-0.3, -0.25) is 9.79 Å². The van der Waals surface area contributed by atoms with Crippen molar-refractivity contribution < 1.29 is 27.1 Å². The topological polar surface area (TPSA) is 89.6 Å². The Labute approximate surface area is 170 Å². The highest BCUT2D eigenvalue weighted by Gasteiger charge is 2.60. The molecule has 10 heteroatoms. The minimum absolute atomic E-state index is 0.0337. The molecule has 0 saturated carbocycles. The number of hydrogen-bond donors (Lipinski definition) is 2.